The van der Waals surface area contributed by atoms with E-state index < -0.39 is 6.09 Å². The van der Waals surface area contributed by atoms with Gasteiger partial charge in [0.05, 0.1) is 7.11 Å². The molecular weight excluding hydrogens is 332 g/mol. The zero-order valence-electron chi connectivity index (χ0n) is 14.0. The van der Waals surface area contributed by atoms with E-state index in [9.17, 15) is 9.59 Å². The van der Waals surface area contributed by atoms with Crippen molar-refractivity contribution in [3.63, 3.8) is 0 Å². The number of fused-ring (bicyclic) bond motifs is 2. The lowest BCUT2D eigenvalue weighted by atomic mass is 10.0. The SMILES string of the molecule is COC(=O)Nc1nc2c(Cc3ccc4ccccc4c3)c[nH]c2c(=O)[nH]1. The molecule has 0 atom stereocenters. The van der Waals surface area contributed by atoms with E-state index in [-0.39, 0.29) is 11.5 Å². The molecule has 1 amide bonds. The van der Waals surface area contributed by atoms with Gasteiger partial charge in [-0.25, -0.2) is 9.78 Å². The molecule has 0 saturated heterocycles. The Morgan fingerprint density at radius 1 is 1.19 bits per heavy atom. The predicted octanol–water partition coefficient (Wildman–Crippen LogP) is 3.17. The highest BCUT2D eigenvalue weighted by molar-refractivity contribution is 5.86. The summed E-state index contributed by atoms with van der Waals surface area (Å²) < 4.78 is 4.53. The maximum atomic E-state index is 12.2. The van der Waals surface area contributed by atoms with Gasteiger partial charge >= 0.3 is 6.09 Å². The molecule has 26 heavy (non-hydrogen) atoms. The van der Waals surface area contributed by atoms with Crippen molar-refractivity contribution in [1.82, 2.24) is 15.0 Å². The molecule has 7 heteroatoms. The van der Waals surface area contributed by atoms with Crippen molar-refractivity contribution in [2.45, 2.75) is 6.42 Å². The van der Waals surface area contributed by atoms with Crippen molar-refractivity contribution in [3.05, 3.63) is 70.1 Å². The maximum Gasteiger partial charge on any atom is 0.413 e. The van der Waals surface area contributed by atoms with E-state index in [0.717, 1.165) is 16.5 Å². The topological polar surface area (TPSA) is 99.9 Å². The molecule has 0 unspecified atom stereocenters. The third-order valence-electron chi connectivity index (χ3n) is 4.23. The van der Waals surface area contributed by atoms with Crippen LogP contribution in [-0.4, -0.2) is 28.2 Å². The first-order valence-electron chi connectivity index (χ1n) is 8.07. The van der Waals surface area contributed by atoms with Gasteiger partial charge in [-0.1, -0.05) is 42.5 Å². The number of rotatable bonds is 3. The first-order valence-corrected chi connectivity index (χ1v) is 8.07. The highest BCUT2D eigenvalue weighted by Gasteiger charge is 2.13. The zero-order valence-corrected chi connectivity index (χ0v) is 14.0. The summed E-state index contributed by atoms with van der Waals surface area (Å²) in [5.41, 5.74) is 2.51. The molecule has 4 rings (SSSR count). The van der Waals surface area contributed by atoms with E-state index in [1.54, 1.807) is 6.20 Å². The van der Waals surface area contributed by atoms with Crippen LogP contribution in [0.1, 0.15) is 11.1 Å². The first kappa shape index (κ1) is 15.9. The molecule has 0 spiro atoms. The molecule has 0 saturated carbocycles. The Labute approximate surface area is 148 Å². The second kappa shape index (κ2) is 6.36. The smallest absolute Gasteiger partial charge is 0.413 e. The van der Waals surface area contributed by atoms with E-state index in [0.29, 0.717) is 17.5 Å². The van der Waals surface area contributed by atoms with Crippen LogP contribution < -0.4 is 10.9 Å². The summed E-state index contributed by atoms with van der Waals surface area (Å²) in [6, 6.07) is 14.4. The number of carbonyl (C=O) groups is 1. The molecular formula is C19H16N4O3. The van der Waals surface area contributed by atoms with Gasteiger partial charge in [0.1, 0.15) is 11.0 Å². The average Bonchev–Trinajstić information content (AvgIpc) is 3.05. The predicted molar refractivity (Wildman–Crippen MR) is 99.5 cm³/mol. The van der Waals surface area contributed by atoms with Crippen molar-refractivity contribution in [2.75, 3.05) is 12.4 Å². The van der Waals surface area contributed by atoms with Crippen LogP contribution in [0.5, 0.6) is 0 Å². The lowest BCUT2D eigenvalue weighted by molar-refractivity contribution is 0.186. The number of H-pyrrole nitrogens is 2. The van der Waals surface area contributed by atoms with E-state index in [2.05, 4.69) is 55.3 Å². The summed E-state index contributed by atoms with van der Waals surface area (Å²) in [5, 5.41) is 4.72. The van der Waals surface area contributed by atoms with E-state index in [4.69, 9.17) is 0 Å². The molecule has 0 aliphatic carbocycles. The van der Waals surface area contributed by atoms with Crippen molar-refractivity contribution in [2.24, 2.45) is 0 Å². The van der Waals surface area contributed by atoms with Crippen LogP contribution in [-0.2, 0) is 11.2 Å². The zero-order chi connectivity index (χ0) is 18.1. The molecule has 0 aliphatic heterocycles. The van der Waals surface area contributed by atoms with Gasteiger partial charge in [-0.15, -0.1) is 0 Å². The van der Waals surface area contributed by atoms with Crippen molar-refractivity contribution in [3.8, 4) is 0 Å². The lowest BCUT2D eigenvalue weighted by Crippen LogP contribution is -2.18. The monoisotopic (exact) mass is 348 g/mol. The number of methoxy groups -OCH3 is 1. The average molecular weight is 348 g/mol. The van der Waals surface area contributed by atoms with Gasteiger partial charge in [0.25, 0.3) is 5.56 Å². The summed E-state index contributed by atoms with van der Waals surface area (Å²) in [6.45, 7) is 0. The normalized spacial score (nSPS) is 11.0. The Kier molecular flexibility index (Phi) is 3.89. The summed E-state index contributed by atoms with van der Waals surface area (Å²) in [5.74, 6) is 0.0497. The van der Waals surface area contributed by atoms with Gasteiger partial charge in [0.15, 0.2) is 0 Å². The van der Waals surface area contributed by atoms with Gasteiger partial charge in [0.2, 0.25) is 5.95 Å². The Bertz CT molecular complexity index is 1180. The molecule has 130 valence electrons. The number of hydrogen-bond acceptors (Lipinski definition) is 4. The summed E-state index contributed by atoms with van der Waals surface area (Å²) in [7, 11) is 1.24. The highest BCUT2D eigenvalue weighted by atomic mass is 16.5. The molecule has 0 fully saturated rings. The Hall–Kier alpha value is -3.61. The minimum atomic E-state index is -0.695. The first-order chi connectivity index (χ1) is 12.6. The third-order valence-corrected chi connectivity index (χ3v) is 4.23. The number of carbonyl (C=O) groups excluding carboxylic acids is 1. The van der Waals surface area contributed by atoms with Gasteiger partial charge < -0.3 is 9.72 Å². The van der Waals surface area contributed by atoms with Crippen molar-refractivity contribution in [1.29, 1.82) is 0 Å². The number of hydrogen-bond donors (Lipinski definition) is 3. The number of aromatic nitrogens is 3. The van der Waals surface area contributed by atoms with Crippen LogP contribution >= 0.6 is 0 Å². The molecule has 2 aromatic carbocycles. The quantitative estimate of drug-likeness (QED) is 0.529. The van der Waals surface area contributed by atoms with Crippen LogP contribution in [0.4, 0.5) is 10.7 Å². The minimum absolute atomic E-state index is 0.0497. The van der Waals surface area contributed by atoms with E-state index in [1.807, 2.05) is 12.1 Å². The fraction of sp³-hybridized carbons (Fsp3) is 0.105. The molecule has 0 bridgehead atoms. The molecule has 2 aromatic heterocycles. The Morgan fingerprint density at radius 2 is 2.00 bits per heavy atom. The number of nitrogens with one attached hydrogen (secondary N) is 3. The molecule has 3 N–H and O–H groups in total. The Morgan fingerprint density at radius 3 is 2.81 bits per heavy atom. The van der Waals surface area contributed by atoms with Crippen molar-refractivity contribution < 1.29 is 9.53 Å². The molecule has 2 heterocycles. The Balaban J connectivity index is 1.73. The summed E-state index contributed by atoms with van der Waals surface area (Å²) >= 11 is 0. The fourth-order valence-corrected chi connectivity index (χ4v) is 2.98. The molecule has 7 nitrogen and oxygen atoms in total. The number of nitrogens with zero attached hydrogens (tertiary/aromatic N) is 1. The number of anilines is 1. The van der Waals surface area contributed by atoms with Gasteiger partial charge in [-0.05, 0) is 16.3 Å². The highest BCUT2D eigenvalue weighted by Crippen LogP contribution is 2.21. The fourth-order valence-electron chi connectivity index (χ4n) is 2.98. The van der Waals surface area contributed by atoms with E-state index in [1.165, 1.54) is 12.5 Å². The number of benzene rings is 2. The largest absolute Gasteiger partial charge is 0.453 e. The van der Waals surface area contributed by atoms with Crippen LogP contribution in [0.25, 0.3) is 21.8 Å². The molecule has 0 radical (unpaired) electrons. The number of amides is 1. The standard InChI is InChI=1S/C19H16N4O3/c1-26-19(25)23-18-21-15-14(10-20-16(15)17(24)22-18)9-11-6-7-12-4-2-3-5-13(12)8-11/h2-8,10,20H,9H2,1H3,(H2,21,22,23,24,25). The molecule has 4 aromatic rings. The summed E-state index contributed by atoms with van der Waals surface area (Å²) in [6.07, 6.45) is 1.68. The van der Waals surface area contributed by atoms with Crippen molar-refractivity contribution >= 4 is 33.8 Å². The maximum absolute atomic E-state index is 12.2. The second-order valence-corrected chi connectivity index (χ2v) is 5.93. The number of aromatic amines is 2. The van der Waals surface area contributed by atoms with Crippen LogP contribution in [0, 0.1) is 0 Å². The molecule has 0 aliphatic rings. The van der Waals surface area contributed by atoms with Gasteiger partial charge in [0, 0.05) is 18.2 Å². The van der Waals surface area contributed by atoms with Crippen LogP contribution in [0.3, 0.4) is 0 Å². The van der Waals surface area contributed by atoms with E-state index >= 15 is 0 Å². The van der Waals surface area contributed by atoms with Gasteiger partial charge in [-0.3, -0.25) is 15.1 Å². The third kappa shape index (κ3) is 2.90. The second-order valence-electron chi connectivity index (χ2n) is 5.93. The van der Waals surface area contributed by atoms with Crippen LogP contribution in [0.2, 0.25) is 0 Å². The summed E-state index contributed by atoms with van der Waals surface area (Å²) in [4.78, 5) is 33.4. The number of ether oxygens (including phenoxy) is 1. The lowest BCUT2D eigenvalue weighted by Gasteiger charge is -2.05. The van der Waals surface area contributed by atoms with Gasteiger partial charge in [-0.2, -0.15) is 0 Å². The minimum Gasteiger partial charge on any atom is -0.453 e. The van der Waals surface area contributed by atoms with Crippen LogP contribution in [0.15, 0.2) is 53.5 Å².